The molecule has 1 aromatic heterocycles. The summed E-state index contributed by atoms with van der Waals surface area (Å²) in [4.78, 5) is 32.7. The quantitative estimate of drug-likeness (QED) is 0.800. The topological polar surface area (TPSA) is 62.7 Å². The summed E-state index contributed by atoms with van der Waals surface area (Å²) in [5.41, 5.74) is 1.63. The Bertz CT molecular complexity index is 875. The number of hydrogen-bond donors (Lipinski definition) is 0. The molecule has 0 atom stereocenters. The minimum Gasteiger partial charge on any atom is -0.363 e. The van der Waals surface area contributed by atoms with E-state index in [-0.39, 0.29) is 24.2 Å². The molecule has 0 N–H and O–H groups in total. The van der Waals surface area contributed by atoms with Crippen molar-refractivity contribution >= 4 is 17.5 Å². The first-order valence-corrected chi connectivity index (χ1v) is 9.38. The highest BCUT2D eigenvalue weighted by molar-refractivity contribution is 5.95. The van der Waals surface area contributed by atoms with Gasteiger partial charge in [-0.25, -0.2) is 4.39 Å². The first-order valence-electron chi connectivity index (χ1n) is 9.38. The Labute approximate surface area is 162 Å². The van der Waals surface area contributed by atoms with Crippen LogP contribution in [-0.2, 0) is 9.53 Å². The lowest BCUT2D eigenvalue weighted by Gasteiger charge is -2.46. The van der Waals surface area contributed by atoms with Crippen molar-refractivity contribution in [2.45, 2.75) is 25.4 Å². The SMILES string of the molecule is Cc1ccc(C(=O)N2CCC3(CC2)CN(c2ccc(F)cc2)C(=O)CO3)nc1. The van der Waals surface area contributed by atoms with Crippen LogP contribution < -0.4 is 4.90 Å². The number of carbonyl (C=O) groups is 2. The van der Waals surface area contributed by atoms with Crippen LogP contribution in [0.5, 0.6) is 0 Å². The predicted octanol–water partition coefficient (Wildman–Crippen LogP) is 2.57. The standard InChI is InChI=1S/C21H22FN3O3/c1-15-2-7-18(23-12-15)20(27)24-10-8-21(9-11-24)14-25(19(26)13-28-21)17-5-3-16(22)4-6-17/h2-7,12H,8-11,13-14H2,1H3. The summed E-state index contributed by atoms with van der Waals surface area (Å²) in [5.74, 6) is -0.563. The zero-order valence-corrected chi connectivity index (χ0v) is 15.7. The molecule has 2 fully saturated rings. The number of likely N-dealkylation sites (tertiary alicyclic amines) is 1. The van der Waals surface area contributed by atoms with Gasteiger partial charge in [0, 0.05) is 25.0 Å². The number of morpholine rings is 1. The molecule has 2 aliphatic heterocycles. The van der Waals surface area contributed by atoms with E-state index in [1.54, 1.807) is 34.2 Å². The fraction of sp³-hybridized carbons (Fsp3) is 0.381. The van der Waals surface area contributed by atoms with Gasteiger partial charge in [-0.1, -0.05) is 6.07 Å². The minimum atomic E-state index is -0.486. The Morgan fingerprint density at radius 2 is 1.86 bits per heavy atom. The van der Waals surface area contributed by atoms with Crippen molar-refractivity contribution in [3.8, 4) is 0 Å². The van der Waals surface area contributed by atoms with Crippen molar-refractivity contribution in [2.75, 3.05) is 31.1 Å². The highest BCUT2D eigenvalue weighted by atomic mass is 19.1. The van der Waals surface area contributed by atoms with Crippen LogP contribution >= 0.6 is 0 Å². The first kappa shape index (κ1) is 18.6. The van der Waals surface area contributed by atoms with E-state index < -0.39 is 5.60 Å². The van der Waals surface area contributed by atoms with Gasteiger partial charge in [-0.2, -0.15) is 0 Å². The van der Waals surface area contributed by atoms with Gasteiger partial charge in [-0.15, -0.1) is 0 Å². The molecule has 2 amide bonds. The van der Waals surface area contributed by atoms with E-state index in [1.807, 2.05) is 13.0 Å². The Morgan fingerprint density at radius 1 is 1.14 bits per heavy atom. The molecule has 0 radical (unpaired) electrons. The van der Waals surface area contributed by atoms with Gasteiger partial charge in [-0.05, 0) is 55.7 Å². The number of nitrogens with zero attached hydrogens (tertiary/aromatic N) is 3. The lowest BCUT2D eigenvalue weighted by atomic mass is 9.89. The number of halogens is 1. The van der Waals surface area contributed by atoms with E-state index in [1.165, 1.54) is 12.1 Å². The number of benzene rings is 1. The summed E-state index contributed by atoms with van der Waals surface area (Å²) in [6, 6.07) is 9.53. The van der Waals surface area contributed by atoms with Crippen LogP contribution in [0.3, 0.4) is 0 Å². The molecule has 0 bridgehead atoms. The Hall–Kier alpha value is -2.80. The number of carbonyl (C=O) groups excluding carboxylic acids is 2. The summed E-state index contributed by atoms with van der Waals surface area (Å²) < 4.78 is 19.1. The second-order valence-electron chi connectivity index (χ2n) is 7.44. The molecule has 7 heteroatoms. The molecule has 2 aliphatic rings. The number of piperidine rings is 1. The number of ether oxygens (including phenoxy) is 1. The van der Waals surface area contributed by atoms with Gasteiger partial charge >= 0.3 is 0 Å². The number of hydrogen-bond acceptors (Lipinski definition) is 4. The zero-order valence-electron chi connectivity index (χ0n) is 15.7. The molecule has 3 heterocycles. The van der Waals surface area contributed by atoms with Crippen LogP contribution in [-0.4, -0.2) is 53.5 Å². The third kappa shape index (κ3) is 3.62. The maximum absolute atomic E-state index is 13.2. The van der Waals surface area contributed by atoms with E-state index in [9.17, 15) is 14.0 Å². The van der Waals surface area contributed by atoms with E-state index in [4.69, 9.17) is 4.74 Å². The molecule has 2 saturated heterocycles. The molecule has 1 spiro atoms. The first-order chi connectivity index (χ1) is 13.5. The Morgan fingerprint density at radius 3 is 2.50 bits per heavy atom. The molecule has 2 aromatic rings. The van der Waals surface area contributed by atoms with Crippen LogP contribution in [0.4, 0.5) is 10.1 Å². The summed E-state index contributed by atoms with van der Waals surface area (Å²) in [5, 5.41) is 0. The van der Waals surface area contributed by atoms with Crippen molar-refractivity contribution < 1.29 is 18.7 Å². The Kier molecular flexibility index (Phi) is 4.85. The third-order valence-electron chi connectivity index (χ3n) is 5.48. The smallest absolute Gasteiger partial charge is 0.272 e. The number of aromatic nitrogens is 1. The van der Waals surface area contributed by atoms with Gasteiger partial charge in [0.25, 0.3) is 11.8 Å². The largest absolute Gasteiger partial charge is 0.363 e. The van der Waals surface area contributed by atoms with E-state index in [2.05, 4.69) is 4.98 Å². The zero-order chi connectivity index (χ0) is 19.7. The summed E-state index contributed by atoms with van der Waals surface area (Å²) in [6.07, 6.45) is 2.96. The van der Waals surface area contributed by atoms with Gasteiger partial charge in [0.1, 0.15) is 18.1 Å². The fourth-order valence-corrected chi connectivity index (χ4v) is 3.75. The molecule has 6 nitrogen and oxygen atoms in total. The van der Waals surface area contributed by atoms with E-state index in [0.29, 0.717) is 43.9 Å². The number of pyridine rings is 1. The van der Waals surface area contributed by atoms with Gasteiger partial charge in [0.2, 0.25) is 0 Å². The molecule has 0 unspecified atom stereocenters. The fourth-order valence-electron chi connectivity index (χ4n) is 3.75. The molecule has 4 rings (SSSR count). The lowest BCUT2D eigenvalue weighted by molar-refractivity contribution is -0.143. The van der Waals surface area contributed by atoms with Crippen LogP contribution in [0.15, 0.2) is 42.6 Å². The molecular formula is C21H22FN3O3. The average Bonchev–Trinajstić information content (AvgIpc) is 2.71. The second kappa shape index (κ2) is 7.31. The monoisotopic (exact) mass is 383 g/mol. The van der Waals surface area contributed by atoms with Gasteiger partial charge in [-0.3, -0.25) is 14.6 Å². The summed E-state index contributed by atoms with van der Waals surface area (Å²) >= 11 is 0. The second-order valence-corrected chi connectivity index (χ2v) is 7.44. The number of rotatable bonds is 2. The van der Waals surface area contributed by atoms with Crippen LogP contribution in [0, 0.1) is 12.7 Å². The van der Waals surface area contributed by atoms with Crippen LogP contribution in [0.2, 0.25) is 0 Å². The molecule has 0 saturated carbocycles. The van der Waals surface area contributed by atoms with Gasteiger partial charge in [0.15, 0.2) is 0 Å². The van der Waals surface area contributed by atoms with Gasteiger partial charge < -0.3 is 14.5 Å². The number of amides is 2. The molecule has 146 valence electrons. The summed E-state index contributed by atoms with van der Waals surface area (Å²) in [6.45, 7) is 3.41. The average molecular weight is 383 g/mol. The predicted molar refractivity (Wildman–Crippen MR) is 102 cm³/mol. The maximum Gasteiger partial charge on any atom is 0.272 e. The summed E-state index contributed by atoms with van der Waals surface area (Å²) in [7, 11) is 0. The van der Waals surface area contributed by atoms with Crippen LogP contribution in [0.1, 0.15) is 28.9 Å². The molecular weight excluding hydrogens is 361 g/mol. The van der Waals surface area contributed by atoms with Crippen molar-refractivity contribution in [3.63, 3.8) is 0 Å². The molecule has 1 aromatic carbocycles. The van der Waals surface area contributed by atoms with Crippen molar-refractivity contribution in [1.29, 1.82) is 0 Å². The van der Waals surface area contributed by atoms with E-state index >= 15 is 0 Å². The number of anilines is 1. The van der Waals surface area contributed by atoms with E-state index in [0.717, 1.165) is 5.56 Å². The Balaban J connectivity index is 1.44. The third-order valence-corrected chi connectivity index (χ3v) is 5.48. The van der Waals surface area contributed by atoms with Crippen LogP contribution in [0.25, 0.3) is 0 Å². The lowest BCUT2D eigenvalue weighted by Crippen LogP contribution is -2.59. The van der Waals surface area contributed by atoms with Gasteiger partial charge in [0.05, 0.1) is 12.1 Å². The van der Waals surface area contributed by atoms with Crippen molar-refractivity contribution in [3.05, 3.63) is 59.7 Å². The maximum atomic E-state index is 13.2. The van der Waals surface area contributed by atoms with Crippen molar-refractivity contribution in [2.24, 2.45) is 0 Å². The minimum absolute atomic E-state index is 0.00909. The van der Waals surface area contributed by atoms with Crippen molar-refractivity contribution in [1.82, 2.24) is 9.88 Å². The number of aryl methyl sites for hydroxylation is 1. The normalized spacial score (nSPS) is 19.1. The highest BCUT2D eigenvalue weighted by Crippen LogP contribution is 2.33. The molecule has 28 heavy (non-hydrogen) atoms. The highest BCUT2D eigenvalue weighted by Gasteiger charge is 2.43. The molecule has 0 aliphatic carbocycles.